The average molecular weight is 281 g/mol. The maximum absolute atomic E-state index is 12.4. The first-order valence-electron chi connectivity index (χ1n) is 5.49. The first-order valence-corrected chi connectivity index (χ1v) is 5.86. The van der Waals surface area contributed by atoms with Gasteiger partial charge in [0.1, 0.15) is 0 Å². The van der Waals surface area contributed by atoms with Crippen LogP contribution in [0.25, 0.3) is 0 Å². The lowest BCUT2D eigenvalue weighted by molar-refractivity contribution is -0.148. The molecule has 0 amide bonds. The van der Waals surface area contributed by atoms with Gasteiger partial charge in [0.15, 0.2) is 0 Å². The van der Waals surface area contributed by atoms with Gasteiger partial charge in [-0.2, -0.15) is 13.2 Å². The third-order valence-corrected chi connectivity index (χ3v) is 2.87. The van der Waals surface area contributed by atoms with E-state index in [1.807, 2.05) is 0 Å². The second-order valence-electron chi connectivity index (χ2n) is 4.39. The zero-order valence-electron chi connectivity index (χ0n) is 10.2. The van der Waals surface area contributed by atoms with E-state index in [4.69, 9.17) is 17.3 Å². The molecule has 1 aromatic rings. The van der Waals surface area contributed by atoms with Gasteiger partial charge >= 0.3 is 6.18 Å². The number of hydrogen-bond acceptors (Lipinski definition) is 2. The van der Waals surface area contributed by atoms with Gasteiger partial charge in [-0.05, 0) is 31.7 Å². The third-order valence-electron chi connectivity index (χ3n) is 2.61. The zero-order valence-corrected chi connectivity index (χ0v) is 11.0. The summed E-state index contributed by atoms with van der Waals surface area (Å²) in [7, 11) is 1.41. The minimum Gasteiger partial charge on any atom is -0.326 e. The molecule has 6 heteroatoms. The average Bonchev–Trinajstić information content (AvgIpc) is 2.18. The van der Waals surface area contributed by atoms with Gasteiger partial charge in [0.25, 0.3) is 0 Å². The Morgan fingerprint density at radius 1 is 1.28 bits per heavy atom. The van der Waals surface area contributed by atoms with Crippen LogP contribution in [0.3, 0.4) is 0 Å². The van der Waals surface area contributed by atoms with E-state index in [1.54, 1.807) is 31.2 Å². The highest BCUT2D eigenvalue weighted by Gasteiger charge is 2.33. The summed E-state index contributed by atoms with van der Waals surface area (Å²) in [5.41, 5.74) is 6.51. The zero-order chi connectivity index (χ0) is 13.9. The lowest BCUT2D eigenvalue weighted by atomic mass is 9.99. The molecule has 2 atom stereocenters. The summed E-state index contributed by atoms with van der Waals surface area (Å²) in [6, 6.07) is 5.77. The van der Waals surface area contributed by atoms with Gasteiger partial charge < -0.3 is 5.73 Å². The van der Waals surface area contributed by atoms with Crippen molar-refractivity contribution in [3.63, 3.8) is 0 Å². The molecule has 0 bridgehead atoms. The van der Waals surface area contributed by atoms with Crippen LogP contribution in [0.5, 0.6) is 0 Å². The van der Waals surface area contributed by atoms with Crippen molar-refractivity contribution < 1.29 is 13.2 Å². The smallest absolute Gasteiger partial charge is 0.326 e. The molecule has 102 valence electrons. The highest BCUT2D eigenvalue weighted by atomic mass is 35.5. The van der Waals surface area contributed by atoms with Crippen molar-refractivity contribution in [3.8, 4) is 0 Å². The standard InChI is InChI=1S/C12H16ClF3N2/c1-8(17)11(18(2)7-12(14,15)16)9-3-5-10(13)6-4-9/h3-6,8,11H,7,17H2,1-2H3. The number of rotatable bonds is 4. The van der Waals surface area contributed by atoms with E-state index in [-0.39, 0.29) is 0 Å². The van der Waals surface area contributed by atoms with Crippen LogP contribution in [0.2, 0.25) is 5.02 Å². The molecule has 0 aromatic heterocycles. The van der Waals surface area contributed by atoms with Gasteiger partial charge in [-0.3, -0.25) is 4.90 Å². The van der Waals surface area contributed by atoms with Gasteiger partial charge in [-0.15, -0.1) is 0 Å². The molecule has 0 heterocycles. The Labute approximate surface area is 110 Å². The van der Waals surface area contributed by atoms with Crippen LogP contribution >= 0.6 is 11.6 Å². The van der Waals surface area contributed by atoms with E-state index >= 15 is 0 Å². The van der Waals surface area contributed by atoms with Crippen LogP contribution in [-0.4, -0.2) is 30.7 Å². The Hall–Kier alpha value is -0.780. The van der Waals surface area contributed by atoms with E-state index in [1.165, 1.54) is 11.9 Å². The SMILES string of the molecule is CC(N)C(c1ccc(Cl)cc1)N(C)CC(F)(F)F. The third kappa shape index (κ3) is 4.48. The second kappa shape index (κ2) is 5.91. The fourth-order valence-corrected chi connectivity index (χ4v) is 2.13. The van der Waals surface area contributed by atoms with Crippen molar-refractivity contribution in [2.24, 2.45) is 5.73 Å². The fraction of sp³-hybridized carbons (Fsp3) is 0.500. The lowest BCUT2D eigenvalue weighted by Crippen LogP contribution is -2.41. The molecule has 2 N–H and O–H groups in total. The molecule has 0 aliphatic heterocycles. The summed E-state index contributed by atoms with van der Waals surface area (Å²) in [5, 5.41) is 0.542. The Kier molecular flexibility index (Phi) is 5.01. The first kappa shape index (κ1) is 15.3. The maximum atomic E-state index is 12.4. The summed E-state index contributed by atoms with van der Waals surface area (Å²) < 4.78 is 37.2. The minimum absolute atomic E-state index is 0.418. The van der Waals surface area contributed by atoms with E-state index in [0.717, 1.165) is 5.56 Å². The summed E-state index contributed by atoms with van der Waals surface area (Å²) in [5.74, 6) is 0. The number of benzene rings is 1. The van der Waals surface area contributed by atoms with Gasteiger partial charge in [0, 0.05) is 17.1 Å². The van der Waals surface area contributed by atoms with Crippen LogP contribution in [-0.2, 0) is 0 Å². The first-order chi connectivity index (χ1) is 8.20. The van der Waals surface area contributed by atoms with Crippen LogP contribution in [0.15, 0.2) is 24.3 Å². The number of alkyl halides is 3. The molecule has 0 aliphatic rings. The number of likely N-dealkylation sites (N-methyl/N-ethyl adjacent to an activating group) is 1. The second-order valence-corrected chi connectivity index (χ2v) is 4.82. The molecule has 18 heavy (non-hydrogen) atoms. The van der Waals surface area contributed by atoms with Crippen LogP contribution < -0.4 is 5.73 Å². The van der Waals surface area contributed by atoms with E-state index in [2.05, 4.69) is 0 Å². The maximum Gasteiger partial charge on any atom is 0.401 e. The number of nitrogens with zero attached hydrogens (tertiary/aromatic N) is 1. The molecule has 0 aliphatic carbocycles. The molecule has 0 spiro atoms. The number of nitrogens with two attached hydrogens (primary N) is 1. The highest BCUT2D eigenvalue weighted by Crippen LogP contribution is 2.27. The van der Waals surface area contributed by atoms with Gasteiger partial charge in [-0.25, -0.2) is 0 Å². The van der Waals surface area contributed by atoms with Crippen molar-refractivity contribution >= 4 is 11.6 Å². The van der Waals surface area contributed by atoms with Gasteiger partial charge in [0.05, 0.1) is 6.54 Å². The quantitative estimate of drug-likeness (QED) is 0.917. The highest BCUT2D eigenvalue weighted by molar-refractivity contribution is 6.30. The predicted octanol–water partition coefficient (Wildman–Crippen LogP) is 3.22. The van der Waals surface area contributed by atoms with Gasteiger partial charge in [0.2, 0.25) is 0 Å². The predicted molar refractivity (Wildman–Crippen MR) is 66.5 cm³/mol. The van der Waals surface area contributed by atoms with Crippen LogP contribution in [0, 0.1) is 0 Å². The monoisotopic (exact) mass is 280 g/mol. The Balaban J connectivity index is 2.92. The largest absolute Gasteiger partial charge is 0.401 e. The topological polar surface area (TPSA) is 29.3 Å². The molecule has 2 unspecified atom stereocenters. The summed E-state index contributed by atoms with van der Waals surface area (Å²) in [6.45, 7) is 0.688. The fourth-order valence-electron chi connectivity index (χ4n) is 2.00. The molecule has 0 saturated heterocycles. The van der Waals surface area contributed by atoms with E-state index < -0.39 is 24.8 Å². The van der Waals surface area contributed by atoms with Crippen molar-refractivity contribution in [1.82, 2.24) is 4.90 Å². The summed E-state index contributed by atoms with van der Waals surface area (Å²) in [6.07, 6.45) is -4.24. The Bertz CT molecular complexity index is 376. The molecule has 0 fully saturated rings. The molecule has 1 rings (SSSR count). The normalized spacial score (nSPS) is 15.8. The van der Waals surface area contributed by atoms with E-state index in [9.17, 15) is 13.2 Å². The molecule has 1 aromatic carbocycles. The van der Waals surface area contributed by atoms with Crippen LogP contribution in [0.4, 0.5) is 13.2 Å². The summed E-state index contributed by atoms with van der Waals surface area (Å²) >= 11 is 5.76. The van der Waals surface area contributed by atoms with E-state index in [0.29, 0.717) is 5.02 Å². The van der Waals surface area contributed by atoms with Crippen molar-refractivity contribution in [1.29, 1.82) is 0 Å². The van der Waals surface area contributed by atoms with Crippen molar-refractivity contribution in [2.45, 2.75) is 25.2 Å². The molecular formula is C12H16ClF3N2. The van der Waals surface area contributed by atoms with Crippen LogP contribution in [0.1, 0.15) is 18.5 Å². The Morgan fingerprint density at radius 3 is 2.17 bits per heavy atom. The van der Waals surface area contributed by atoms with Crippen molar-refractivity contribution in [2.75, 3.05) is 13.6 Å². The minimum atomic E-state index is -4.24. The van der Waals surface area contributed by atoms with Gasteiger partial charge in [-0.1, -0.05) is 23.7 Å². The Morgan fingerprint density at radius 2 is 1.78 bits per heavy atom. The number of halogens is 4. The van der Waals surface area contributed by atoms with Crippen molar-refractivity contribution in [3.05, 3.63) is 34.9 Å². The summed E-state index contributed by atoms with van der Waals surface area (Å²) in [4.78, 5) is 1.20. The molecule has 0 radical (unpaired) electrons. The lowest BCUT2D eigenvalue weighted by Gasteiger charge is -2.32. The number of hydrogen-bond donors (Lipinski definition) is 1. The molecule has 2 nitrogen and oxygen atoms in total. The molecule has 0 saturated carbocycles. The molecular weight excluding hydrogens is 265 g/mol.